The first-order valence-electron chi connectivity index (χ1n) is 9.22. The minimum Gasteiger partial charge on any atom is -0.337 e. The molecule has 2 aromatic carbocycles. The van der Waals surface area contributed by atoms with Gasteiger partial charge in [-0.15, -0.1) is 11.3 Å². The molecular weight excluding hydrogens is 377 g/mol. The Morgan fingerprint density at radius 2 is 1.54 bits per heavy atom. The van der Waals surface area contributed by atoms with Crippen LogP contribution in [0, 0.1) is 12.7 Å². The van der Waals surface area contributed by atoms with Crippen molar-refractivity contribution >= 4 is 33.4 Å². The molecule has 144 valence electrons. The predicted octanol–water partition coefficient (Wildman–Crippen LogP) is 3.73. The lowest BCUT2D eigenvalue weighted by Crippen LogP contribution is -2.37. The van der Waals surface area contributed by atoms with Crippen LogP contribution in [0.4, 0.5) is 4.39 Å². The van der Waals surface area contributed by atoms with Crippen LogP contribution in [0.1, 0.15) is 32.1 Å². The fourth-order valence-corrected chi connectivity index (χ4v) is 4.26. The molecule has 0 unspecified atom stereocenters. The second-order valence-corrected chi connectivity index (χ2v) is 8.10. The molecule has 7 heteroatoms. The Hall–Kier alpha value is -2.80. The minimum absolute atomic E-state index is 0.0383. The zero-order valence-corrected chi connectivity index (χ0v) is 16.3. The van der Waals surface area contributed by atoms with Crippen molar-refractivity contribution in [2.45, 2.75) is 13.3 Å². The number of aromatic nitrogens is 1. The average molecular weight is 397 g/mol. The number of hydrogen-bond acceptors (Lipinski definition) is 4. The first kappa shape index (κ1) is 18.6. The lowest BCUT2D eigenvalue weighted by atomic mass is 10.2. The third-order valence-corrected chi connectivity index (χ3v) is 5.85. The maximum Gasteiger partial charge on any atom is 0.253 e. The molecule has 0 bridgehead atoms. The van der Waals surface area contributed by atoms with Gasteiger partial charge in [-0.25, -0.2) is 9.37 Å². The summed E-state index contributed by atoms with van der Waals surface area (Å²) in [5, 5.41) is 0.976. The van der Waals surface area contributed by atoms with Gasteiger partial charge in [-0.3, -0.25) is 9.59 Å². The number of thiazole rings is 1. The van der Waals surface area contributed by atoms with Crippen LogP contribution < -0.4 is 0 Å². The second kappa shape index (κ2) is 7.67. The van der Waals surface area contributed by atoms with E-state index in [4.69, 9.17) is 0 Å². The van der Waals surface area contributed by atoms with Crippen LogP contribution in [-0.4, -0.2) is 52.8 Å². The van der Waals surface area contributed by atoms with Gasteiger partial charge in [0.25, 0.3) is 11.8 Å². The topological polar surface area (TPSA) is 53.5 Å². The van der Waals surface area contributed by atoms with Crippen molar-refractivity contribution in [3.63, 3.8) is 0 Å². The number of halogens is 1. The van der Waals surface area contributed by atoms with Crippen molar-refractivity contribution in [2.24, 2.45) is 0 Å². The molecule has 0 saturated carbocycles. The molecule has 1 aliphatic heterocycles. The molecule has 0 atom stereocenters. The zero-order chi connectivity index (χ0) is 19.7. The predicted molar refractivity (Wildman–Crippen MR) is 107 cm³/mol. The largest absolute Gasteiger partial charge is 0.337 e. The molecule has 3 aromatic rings. The number of rotatable bonds is 2. The lowest BCUT2D eigenvalue weighted by Gasteiger charge is -2.22. The molecule has 2 heterocycles. The monoisotopic (exact) mass is 397 g/mol. The van der Waals surface area contributed by atoms with E-state index >= 15 is 0 Å². The summed E-state index contributed by atoms with van der Waals surface area (Å²) in [6.07, 6.45) is 0.705. The Balaban J connectivity index is 1.46. The van der Waals surface area contributed by atoms with Crippen molar-refractivity contribution < 1.29 is 14.0 Å². The number of hydrogen-bond donors (Lipinski definition) is 0. The summed E-state index contributed by atoms with van der Waals surface area (Å²) in [5.74, 6) is -0.534. The maximum atomic E-state index is 13.1. The Morgan fingerprint density at radius 1 is 0.929 bits per heavy atom. The minimum atomic E-state index is -0.364. The van der Waals surface area contributed by atoms with Crippen LogP contribution in [0.25, 0.3) is 10.2 Å². The first-order chi connectivity index (χ1) is 13.5. The Labute approximate surface area is 166 Å². The van der Waals surface area contributed by atoms with Crippen LogP contribution in [-0.2, 0) is 0 Å². The number of benzene rings is 2. The molecular formula is C21H20FN3O2S. The second-order valence-electron chi connectivity index (χ2n) is 6.86. The van der Waals surface area contributed by atoms with Gasteiger partial charge in [0.1, 0.15) is 5.82 Å². The number of carbonyl (C=O) groups excluding carboxylic acids is 2. The highest BCUT2D eigenvalue weighted by molar-refractivity contribution is 7.18. The van der Waals surface area contributed by atoms with Gasteiger partial charge in [0.15, 0.2) is 0 Å². The number of aryl methyl sites for hydroxylation is 1. The van der Waals surface area contributed by atoms with Crippen LogP contribution in [0.2, 0.25) is 0 Å². The highest BCUT2D eigenvalue weighted by Crippen LogP contribution is 2.23. The molecule has 0 spiro atoms. The Bertz CT molecular complexity index is 1030. The highest BCUT2D eigenvalue weighted by Gasteiger charge is 2.24. The third-order valence-electron chi connectivity index (χ3n) is 4.90. The summed E-state index contributed by atoms with van der Waals surface area (Å²) in [4.78, 5) is 33.6. The van der Waals surface area contributed by atoms with Gasteiger partial charge >= 0.3 is 0 Å². The smallest absolute Gasteiger partial charge is 0.253 e. The van der Waals surface area contributed by atoms with Crippen molar-refractivity contribution in [3.8, 4) is 0 Å². The van der Waals surface area contributed by atoms with E-state index in [9.17, 15) is 14.0 Å². The van der Waals surface area contributed by atoms with Gasteiger partial charge in [0.2, 0.25) is 0 Å². The molecule has 5 nitrogen and oxygen atoms in total. The molecule has 1 saturated heterocycles. The molecule has 4 rings (SSSR count). The van der Waals surface area contributed by atoms with Crippen molar-refractivity contribution in [1.82, 2.24) is 14.8 Å². The number of carbonyl (C=O) groups is 2. The van der Waals surface area contributed by atoms with Crippen molar-refractivity contribution in [3.05, 3.63) is 64.4 Å². The quantitative estimate of drug-likeness (QED) is 0.662. The standard InChI is InChI=1S/C21H20FN3O2S/c1-14-23-18-13-16(5-8-19(18)28-14)21(27)25-10-2-9-24(11-12-25)20(26)15-3-6-17(22)7-4-15/h3-8,13H,2,9-12H2,1H3. The molecule has 1 aromatic heterocycles. The van der Waals surface area contributed by atoms with Gasteiger partial charge in [0.05, 0.1) is 15.2 Å². The van der Waals surface area contributed by atoms with Gasteiger partial charge in [-0.1, -0.05) is 0 Å². The molecule has 1 aliphatic rings. The van der Waals surface area contributed by atoms with Crippen LogP contribution in [0.15, 0.2) is 42.5 Å². The Kier molecular flexibility index (Phi) is 5.09. The summed E-state index contributed by atoms with van der Waals surface area (Å²) in [7, 11) is 0. The summed E-state index contributed by atoms with van der Waals surface area (Å²) in [6.45, 7) is 4.05. The fourth-order valence-electron chi connectivity index (χ4n) is 3.46. The van der Waals surface area contributed by atoms with Gasteiger partial charge < -0.3 is 9.80 Å². The van der Waals surface area contributed by atoms with Gasteiger partial charge in [0, 0.05) is 37.3 Å². The van der Waals surface area contributed by atoms with E-state index in [1.165, 1.54) is 24.3 Å². The van der Waals surface area contributed by atoms with E-state index in [0.29, 0.717) is 43.7 Å². The SMILES string of the molecule is Cc1nc2cc(C(=O)N3CCCN(C(=O)c4ccc(F)cc4)CC3)ccc2s1. The molecule has 1 fully saturated rings. The van der Waals surface area contributed by atoms with E-state index in [-0.39, 0.29) is 17.6 Å². The normalized spacial score (nSPS) is 14.9. The first-order valence-corrected chi connectivity index (χ1v) is 10.0. The van der Waals surface area contributed by atoms with E-state index < -0.39 is 0 Å². The van der Waals surface area contributed by atoms with Crippen molar-refractivity contribution in [1.29, 1.82) is 0 Å². The van der Waals surface area contributed by atoms with Gasteiger partial charge in [-0.05, 0) is 55.8 Å². The summed E-state index contributed by atoms with van der Waals surface area (Å²) >= 11 is 1.61. The summed E-state index contributed by atoms with van der Waals surface area (Å²) < 4.78 is 14.2. The molecule has 0 aliphatic carbocycles. The molecule has 0 N–H and O–H groups in total. The number of amides is 2. The summed E-state index contributed by atoms with van der Waals surface area (Å²) in [6, 6.07) is 11.2. The van der Waals surface area contributed by atoms with Crippen LogP contribution in [0.5, 0.6) is 0 Å². The number of nitrogens with zero attached hydrogens (tertiary/aromatic N) is 3. The molecule has 28 heavy (non-hydrogen) atoms. The van der Waals surface area contributed by atoms with Crippen LogP contribution >= 0.6 is 11.3 Å². The Morgan fingerprint density at radius 3 is 2.21 bits per heavy atom. The average Bonchev–Trinajstić information content (AvgIpc) is 2.90. The van der Waals surface area contributed by atoms with Gasteiger partial charge in [-0.2, -0.15) is 0 Å². The van der Waals surface area contributed by atoms with Crippen molar-refractivity contribution in [2.75, 3.05) is 26.2 Å². The van der Waals surface area contributed by atoms with E-state index in [2.05, 4.69) is 4.98 Å². The van der Waals surface area contributed by atoms with E-state index in [1.807, 2.05) is 25.1 Å². The lowest BCUT2D eigenvalue weighted by molar-refractivity contribution is 0.0719. The maximum absolute atomic E-state index is 13.1. The van der Waals surface area contributed by atoms with Crippen LogP contribution in [0.3, 0.4) is 0 Å². The van der Waals surface area contributed by atoms with E-state index in [1.54, 1.807) is 21.1 Å². The number of fused-ring (bicyclic) bond motifs is 1. The molecule has 0 radical (unpaired) electrons. The fraction of sp³-hybridized carbons (Fsp3) is 0.286. The van der Waals surface area contributed by atoms with E-state index in [0.717, 1.165) is 15.2 Å². The third kappa shape index (κ3) is 3.75. The summed E-state index contributed by atoms with van der Waals surface area (Å²) in [5.41, 5.74) is 1.93. The molecule has 2 amide bonds. The highest BCUT2D eigenvalue weighted by atomic mass is 32.1. The zero-order valence-electron chi connectivity index (χ0n) is 15.5.